The van der Waals surface area contributed by atoms with Crippen molar-refractivity contribution in [3.8, 4) is 0 Å². The molecule has 1 unspecified atom stereocenters. The van der Waals surface area contributed by atoms with Crippen molar-refractivity contribution in [3.05, 3.63) is 71.9 Å². The molecule has 5 rings (SSSR count). The molecule has 0 spiro atoms. The molecule has 332 valence electrons. The molecule has 6 atom stereocenters. The second kappa shape index (κ2) is 23.0. The Kier molecular flexibility index (Phi) is 17.7. The first-order valence-corrected chi connectivity index (χ1v) is 21.9. The number of fused-ring (bicyclic) bond motifs is 1. The second-order valence-electron chi connectivity index (χ2n) is 16.7. The van der Waals surface area contributed by atoms with Crippen LogP contribution in [0.2, 0.25) is 0 Å². The Morgan fingerprint density at radius 1 is 0.754 bits per heavy atom. The number of carbonyl (C=O) groups excluding carboxylic acids is 6. The Bertz CT molecular complexity index is 1930. The van der Waals surface area contributed by atoms with E-state index in [0.29, 0.717) is 45.2 Å². The third-order valence-corrected chi connectivity index (χ3v) is 12.0. The van der Waals surface area contributed by atoms with E-state index in [1.165, 1.54) is 11.9 Å². The van der Waals surface area contributed by atoms with Crippen molar-refractivity contribution in [2.75, 3.05) is 20.1 Å². The number of benzene rings is 2. The predicted molar refractivity (Wildman–Crippen MR) is 234 cm³/mol. The van der Waals surface area contributed by atoms with E-state index in [-0.39, 0.29) is 36.5 Å². The van der Waals surface area contributed by atoms with Gasteiger partial charge in [-0.1, -0.05) is 87.6 Å². The molecule has 11 N–H and O–H groups in total. The predicted octanol–water partition coefficient (Wildman–Crippen LogP) is 1.83. The summed E-state index contributed by atoms with van der Waals surface area (Å²) in [5, 5.41) is 18.1. The van der Waals surface area contributed by atoms with Crippen molar-refractivity contribution < 1.29 is 28.8 Å². The fourth-order valence-corrected chi connectivity index (χ4v) is 8.58. The fourth-order valence-electron chi connectivity index (χ4n) is 8.58. The van der Waals surface area contributed by atoms with E-state index in [4.69, 9.17) is 11.5 Å². The average Bonchev–Trinajstić information content (AvgIpc) is 3.92. The summed E-state index contributed by atoms with van der Waals surface area (Å²) >= 11 is 0. The van der Waals surface area contributed by atoms with E-state index >= 15 is 0 Å². The number of hydrogen-bond acceptors (Lipinski definition) is 9. The van der Waals surface area contributed by atoms with Crippen LogP contribution in [-0.2, 0) is 41.6 Å². The molecule has 1 saturated heterocycles. The summed E-state index contributed by atoms with van der Waals surface area (Å²) in [6.07, 6.45) is 8.78. The number of aromatic nitrogens is 1. The largest absolute Gasteiger partial charge is 0.361 e. The average molecular weight is 843 g/mol. The molecule has 1 aliphatic carbocycles. The van der Waals surface area contributed by atoms with Gasteiger partial charge in [0.15, 0.2) is 0 Å². The minimum atomic E-state index is -1.11. The van der Waals surface area contributed by atoms with Gasteiger partial charge in [-0.15, -0.1) is 0 Å². The number of likely N-dealkylation sites (tertiary alicyclic amines) is 1. The Morgan fingerprint density at radius 3 is 2.16 bits per heavy atom. The molecule has 2 aromatic carbocycles. The van der Waals surface area contributed by atoms with E-state index in [9.17, 15) is 28.8 Å². The fraction of sp³-hybridized carbons (Fsp3) is 0.556. The van der Waals surface area contributed by atoms with Gasteiger partial charge in [-0.2, -0.15) is 0 Å². The van der Waals surface area contributed by atoms with Crippen molar-refractivity contribution >= 4 is 46.3 Å². The highest BCUT2D eigenvalue weighted by Gasteiger charge is 2.39. The Hall–Kier alpha value is -5.32. The van der Waals surface area contributed by atoms with Crippen LogP contribution in [0.4, 0.5) is 0 Å². The van der Waals surface area contributed by atoms with Gasteiger partial charge >= 0.3 is 0 Å². The number of H-pyrrole nitrogens is 1. The number of nitrogens with one attached hydrogen (secondary N) is 7. The number of rotatable bonds is 21. The van der Waals surface area contributed by atoms with Gasteiger partial charge in [0.05, 0.1) is 0 Å². The molecule has 61 heavy (non-hydrogen) atoms. The third kappa shape index (κ3) is 13.6. The first kappa shape index (κ1) is 46.7. The first-order chi connectivity index (χ1) is 29.3. The standard InChI is InChI=1S/C45H66N10O6/c1-28(24-30-14-6-4-7-15-30)39(56)51-29(2)44(61)55-23-13-21-38(55)43(60)54-36(25-31-16-8-5-9-17-31)41(58)53-37(26-32-27-50-34-19-11-10-18-33(32)34)42(59)52-35(40(57)48-3)20-12-22-49-45(46)47/h4,6-7,10-11,14-15,18-19,27-29,31,35-38,45,49-50H,5,8-9,12-13,16-17,20-26,46-47H2,1-3H3,(H,48,57)(H,51,56)(H,52,59)(H,53,58)(H,54,60)/t28?,29-,35-,36+,37-,38-/m0/s1. The lowest BCUT2D eigenvalue weighted by Gasteiger charge is -2.31. The van der Waals surface area contributed by atoms with E-state index < -0.39 is 60.1 Å². The van der Waals surface area contributed by atoms with Crippen LogP contribution in [0.1, 0.15) is 89.2 Å². The summed E-state index contributed by atoms with van der Waals surface area (Å²) in [5.74, 6) is -2.75. The van der Waals surface area contributed by atoms with Gasteiger partial charge < -0.3 is 47.9 Å². The summed E-state index contributed by atoms with van der Waals surface area (Å²) in [7, 11) is 1.49. The van der Waals surface area contributed by atoms with Gasteiger partial charge in [-0.25, -0.2) is 0 Å². The van der Waals surface area contributed by atoms with E-state index in [0.717, 1.165) is 54.1 Å². The number of aromatic amines is 1. The van der Waals surface area contributed by atoms with Crippen molar-refractivity contribution in [2.45, 2.75) is 127 Å². The van der Waals surface area contributed by atoms with Crippen LogP contribution in [0.3, 0.4) is 0 Å². The number of nitrogens with zero attached hydrogens (tertiary/aromatic N) is 1. The molecular weight excluding hydrogens is 777 g/mol. The maximum atomic E-state index is 14.5. The number of para-hydroxylation sites is 1. The van der Waals surface area contributed by atoms with Crippen LogP contribution >= 0.6 is 0 Å². The topological polar surface area (TPSA) is 246 Å². The summed E-state index contributed by atoms with van der Waals surface area (Å²) in [6, 6.07) is 12.6. The van der Waals surface area contributed by atoms with Crippen molar-refractivity contribution in [1.82, 2.24) is 41.8 Å². The highest BCUT2D eigenvalue weighted by molar-refractivity contribution is 5.97. The lowest BCUT2D eigenvalue weighted by atomic mass is 9.84. The molecule has 16 nitrogen and oxygen atoms in total. The van der Waals surface area contributed by atoms with Crippen molar-refractivity contribution in [3.63, 3.8) is 0 Å². The van der Waals surface area contributed by atoms with Crippen LogP contribution in [0.5, 0.6) is 0 Å². The molecule has 2 heterocycles. The van der Waals surface area contributed by atoms with Crippen LogP contribution in [-0.4, -0.2) is 102 Å². The van der Waals surface area contributed by atoms with Crippen LogP contribution in [0.15, 0.2) is 60.8 Å². The quantitative estimate of drug-likeness (QED) is 0.0560. The van der Waals surface area contributed by atoms with Crippen LogP contribution < -0.4 is 43.4 Å². The SMILES string of the molecule is CNC(=O)[C@H](CCCNC(N)N)NC(=O)[C@H](Cc1c[nH]c2ccccc12)NC(=O)[C@@H](CC1CCCCC1)NC(=O)[C@@H]1CCCN1C(=O)[C@H](C)NC(=O)C(C)Cc1ccccc1. The normalized spacial score (nSPS) is 18.1. The Labute approximate surface area is 358 Å². The monoisotopic (exact) mass is 843 g/mol. The molecule has 2 fully saturated rings. The van der Waals surface area contributed by atoms with Gasteiger partial charge in [-0.3, -0.25) is 34.1 Å². The van der Waals surface area contributed by atoms with Gasteiger partial charge in [0, 0.05) is 43.0 Å². The molecule has 0 bridgehead atoms. The summed E-state index contributed by atoms with van der Waals surface area (Å²) in [4.78, 5) is 87.6. The maximum Gasteiger partial charge on any atom is 0.245 e. The summed E-state index contributed by atoms with van der Waals surface area (Å²) in [5.41, 5.74) is 13.9. The van der Waals surface area contributed by atoms with Crippen molar-refractivity contribution in [1.29, 1.82) is 0 Å². The molecule has 16 heteroatoms. The molecule has 1 aliphatic heterocycles. The lowest BCUT2D eigenvalue weighted by molar-refractivity contribution is -0.142. The molecule has 2 aliphatic rings. The zero-order valence-corrected chi connectivity index (χ0v) is 35.8. The minimum absolute atomic E-state index is 0.105. The highest BCUT2D eigenvalue weighted by Crippen LogP contribution is 2.28. The van der Waals surface area contributed by atoms with E-state index in [1.54, 1.807) is 13.1 Å². The van der Waals surface area contributed by atoms with E-state index in [1.807, 2.05) is 61.5 Å². The first-order valence-electron chi connectivity index (χ1n) is 21.9. The molecule has 3 aromatic rings. The zero-order chi connectivity index (χ0) is 43.9. The number of hydrogen-bond donors (Lipinski definition) is 9. The highest BCUT2D eigenvalue weighted by atomic mass is 16.2. The van der Waals surface area contributed by atoms with Crippen LogP contribution in [0, 0.1) is 11.8 Å². The van der Waals surface area contributed by atoms with Gasteiger partial charge in [0.1, 0.15) is 36.5 Å². The molecule has 6 amide bonds. The summed E-state index contributed by atoms with van der Waals surface area (Å²) in [6.45, 7) is 4.20. The zero-order valence-electron chi connectivity index (χ0n) is 35.8. The van der Waals surface area contributed by atoms with Crippen molar-refractivity contribution in [2.24, 2.45) is 23.3 Å². The second-order valence-corrected chi connectivity index (χ2v) is 16.7. The number of amides is 6. The Balaban J connectivity index is 1.32. The third-order valence-electron chi connectivity index (χ3n) is 12.0. The maximum absolute atomic E-state index is 14.5. The Morgan fingerprint density at radius 2 is 1.44 bits per heavy atom. The minimum Gasteiger partial charge on any atom is -0.361 e. The van der Waals surface area contributed by atoms with Crippen LogP contribution in [0.25, 0.3) is 10.9 Å². The van der Waals surface area contributed by atoms with Gasteiger partial charge in [0.25, 0.3) is 0 Å². The number of nitrogens with two attached hydrogens (primary N) is 2. The van der Waals surface area contributed by atoms with Gasteiger partial charge in [-0.05, 0) is 75.1 Å². The lowest BCUT2D eigenvalue weighted by Crippen LogP contribution is -2.59. The van der Waals surface area contributed by atoms with E-state index in [2.05, 4.69) is 36.9 Å². The molecule has 1 aromatic heterocycles. The number of carbonyl (C=O) groups is 6. The molecular formula is C45H66N10O6. The smallest absolute Gasteiger partial charge is 0.245 e. The summed E-state index contributed by atoms with van der Waals surface area (Å²) < 4.78 is 0. The molecule has 0 radical (unpaired) electrons. The molecule has 1 saturated carbocycles. The number of likely N-dealkylation sites (N-methyl/N-ethyl adjacent to an activating group) is 1. The van der Waals surface area contributed by atoms with Gasteiger partial charge in [0.2, 0.25) is 35.4 Å².